The number of carboxylic acid groups (broad SMARTS) is 1. The molecule has 0 saturated carbocycles. The minimum atomic E-state index is -1.04. The van der Waals surface area contributed by atoms with Crippen molar-refractivity contribution in [3.8, 4) is 11.5 Å². The van der Waals surface area contributed by atoms with Gasteiger partial charge in [0.15, 0.2) is 11.5 Å². The molecule has 0 atom stereocenters. The molecule has 0 unspecified atom stereocenters. The quantitative estimate of drug-likeness (QED) is 0.439. The lowest BCUT2D eigenvalue weighted by molar-refractivity contribution is 0.0697. The molecular formula is C22H18Cl2FNO4. The summed E-state index contributed by atoms with van der Waals surface area (Å²) in [6.07, 6.45) is 0. The van der Waals surface area contributed by atoms with Gasteiger partial charge < -0.3 is 19.9 Å². The normalized spacial score (nSPS) is 10.5. The lowest BCUT2D eigenvalue weighted by Crippen LogP contribution is -2.04. The Morgan fingerprint density at radius 3 is 2.43 bits per heavy atom. The maximum absolute atomic E-state index is 13.0. The van der Waals surface area contributed by atoms with E-state index in [2.05, 4.69) is 5.32 Å². The highest BCUT2D eigenvalue weighted by Gasteiger charge is 2.13. The van der Waals surface area contributed by atoms with Crippen LogP contribution in [0, 0.1) is 5.82 Å². The molecular weight excluding hydrogens is 432 g/mol. The molecule has 2 N–H and O–H groups in total. The van der Waals surface area contributed by atoms with Gasteiger partial charge in [-0.1, -0.05) is 35.3 Å². The third-order valence-corrected chi connectivity index (χ3v) is 5.00. The molecule has 0 saturated heterocycles. The lowest BCUT2D eigenvalue weighted by Gasteiger charge is -2.15. The Balaban J connectivity index is 1.74. The minimum absolute atomic E-state index is 0.120. The Hall–Kier alpha value is -2.96. The molecule has 5 nitrogen and oxygen atoms in total. The van der Waals surface area contributed by atoms with Crippen molar-refractivity contribution in [2.24, 2.45) is 0 Å². The molecule has 0 aliphatic carbocycles. The number of nitrogens with one attached hydrogen (secondary N) is 1. The lowest BCUT2D eigenvalue weighted by atomic mass is 10.1. The second-order valence-electron chi connectivity index (χ2n) is 6.36. The standard InChI is InChI=1S/C22H18Cl2FNO4/c1-29-20-9-15(11-26-19-8-14(22(27)28)4-7-17(19)23)18(24)10-21(20)30-12-13-2-5-16(25)6-3-13/h2-10,26H,11-12H2,1H3,(H,27,28). The smallest absolute Gasteiger partial charge is 0.335 e. The number of methoxy groups -OCH3 is 1. The van der Waals surface area contributed by atoms with Gasteiger partial charge in [0.2, 0.25) is 0 Å². The number of carbonyl (C=O) groups is 1. The molecule has 3 rings (SSSR count). The number of anilines is 1. The van der Waals surface area contributed by atoms with Gasteiger partial charge in [-0.25, -0.2) is 9.18 Å². The van der Waals surface area contributed by atoms with Crippen molar-refractivity contribution in [1.82, 2.24) is 0 Å². The van der Waals surface area contributed by atoms with Crippen molar-refractivity contribution >= 4 is 34.9 Å². The fourth-order valence-electron chi connectivity index (χ4n) is 2.71. The second-order valence-corrected chi connectivity index (χ2v) is 7.18. The molecule has 0 amide bonds. The number of ether oxygens (including phenoxy) is 2. The SMILES string of the molecule is COc1cc(CNc2cc(C(=O)O)ccc2Cl)c(Cl)cc1OCc1ccc(F)cc1. The molecule has 156 valence electrons. The van der Waals surface area contributed by atoms with Gasteiger partial charge in [0, 0.05) is 17.6 Å². The Kier molecular flexibility index (Phi) is 7.03. The van der Waals surface area contributed by atoms with Gasteiger partial charge in [0.25, 0.3) is 0 Å². The summed E-state index contributed by atoms with van der Waals surface area (Å²) in [5.74, 6) is -0.438. The summed E-state index contributed by atoms with van der Waals surface area (Å²) in [5, 5.41) is 13.0. The largest absolute Gasteiger partial charge is 0.493 e. The molecule has 8 heteroatoms. The first-order chi connectivity index (χ1) is 14.4. The van der Waals surface area contributed by atoms with Crippen LogP contribution in [0.4, 0.5) is 10.1 Å². The van der Waals surface area contributed by atoms with E-state index in [-0.39, 0.29) is 24.5 Å². The van der Waals surface area contributed by atoms with E-state index in [0.717, 1.165) is 5.56 Å². The molecule has 0 aliphatic rings. The van der Waals surface area contributed by atoms with Crippen LogP contribution in [0.25, 0.3) is 0 Å². The first kappa shape index (κ1) is 21.7. The summed E-state index contributed by atoms with van der Waals surface area (Å²) >= 11 is 12.5. The van der Waals surface area contributed by atoms with Gasteiger partial charge in [-0.05, 0) is 47.5 Å². The first-order valence-corrected chi connectivity index (χ1v) is 9.63. The van der Waals surface area contributed by atoms with E-state index in [4.69, 9.17) is 37.8 Å². The summed E-state index contributed by atoms with van der Waals surface area (Å²) in [5.41, 5.74) is 2.10. The van der Waals surface area contributed by atoms with Gasteiger partial charge in [-0.15, -0.1) is 0 Å². The van der Waals surface area contributed by atoms with E-state index in [1.54, 1.807) is 24.3 Å². The topological polar surface area (TPSA) is 67.8 Å². The predicted molar refractivity (Wildman–Crippen MR) is 114 cm³/mol. The summed E-state index contributed by atoms with van der Waals surface area (Å²) < 4.78 is 24.2. The van der Waals surface area contributed by atoms with E-state index in [9.17, 15) is 9.18 Å². The zero-order valence-corrected chi connectivity index (χ0v) is 17.4. The van der Waals surface area contributed by atoms with Crippen LogP contribution in [-0.4, -0.2) is 18.2 Å². The maximum Gasteiger partial charge on any atom is 0.335 e. The van der Waals surface area contributed by atoms with Crippen LogP contribution in [-0.2, 0) is 13.2 Å². The van der Waals surface area contributed by atoms with Crippen LogP contribution in [0.15, 0.2) is 54.6 Å². The van der Waals surface area contributed by atoms with E-state index in [1.165, 1.54) is 37.4 Å². The molecule has 30 heavy (non-hydrogen) atoms. The summed E-state index contributed by atoms with van der Waals surface area (Å²) in [6, 6.07) is 13.8. The van der Waals surface area contributed by atoms with E-state index < -0.39 is 5.97 Å². The van der Waals surface area contributed by atoms with Crippen LogP contribution in [0.1, 0.15) is 21.5 Å². The zero-order valence-electron chi connectivity index (χ0n) is 15.9. The average molecular weight is 450 g/mol. The molecule has 0 heterocycles. The number of benzene rings is 3. The minimum Gasteiger partial charge on any atom is -0.493 e. The third-order valence-electron chi connectivity index (χ3n) is 4.32. The van der Waals surface area contributed by atoms with Crippen LogP contribution in [0.5, 0.6) is 11.5 Å². The molecule has 0 spiro atoms. The molecule has 0 aliphatic heterocycles. The van der Waals surface area contributed by atoms with Crippen molar-refractivity contribution in [2.75, 3.05) is 12.4 Å². The van der Waals surface area contributed by atoms with Gasteiger partial charge in [-0.3, -0.25) is 0 Å². The zero-order chi connectivity index (χ0) is 21.7. The van der Waals surface area contributed by atoms with Crippen molar-refractivity contribution in [2.45, 2.75) is 13.2 Å². The fraction of sp³-hybridized carbons (Fsp3) is 0.136. The van der Waals surface area contributed by atoms with Crippen LogP contribution >= 0.6 is 23.2 Å². The van der Waals surface area contributed by atoms with Crippen LogP contribution < -0.4 is 14.8 Å². The molecule has 0 radical (unpaired) electrons. The van der Waals surface area contributed by atoms with Gasteiger partial charge in [0.05, 0.1) is 23.4 Å². The number of carboxylic acids is 1. The van der Waals surface area contributed by atoms with Crippen LogP contribution in [0.3, 0.4) is 0 Å². The first-order valence-electron chi connectivity index (χ1n) is 8.87. The molecule has 3 aromatic rings. The van der Waals surface area contributed by atoms with E-state index >= 15 is 0 Å². The van der Waals surface area contributed by atoms with Gasteiger partial charge in [-0.2, -0.15) is 0 Å². The Labute approximate surface area is 183 Å². The van der Waals surface area contributed by atoms with Crippen molar-refractivity contribution in [3.63, 3.8) is 0 Å². The monoisotopic (exact) mass is 449 g/mol. The second kappa shape index (κ2) is 9.69. The van der Waals surface area contributed by atoms with Crippen LogP contribution in [0.2, 0.25) is 10.0 Å². The molecule has 0 fully saturated rings. The highest BCUT2D eigenvalue weighted by atomic mass is 35.5. The Morgan fingerprint density at radius 1 is 1.03 bits per heavy atom. The molecule has 0 aromatic heterocycles. The summed E-state index contributed by atoms with van der Waals surface area (Å²) in [4.78, 5) is 11.2. The Morgan fingerprint density at radius 2 is 1.77 bits per heavy atom. The van der Waals surface area contributed by atoms with Gasteiger partial charge >= 0.3 is 5.97 Å². The summed E-state index contributed by atoms with van der Waals surface area (Å²) in [7, 11) is 1.51. The third kappa shape index (κ3) is 5.34. The predicted octanol–water partition coefficient (Wildman–Crippen LogP) is 6.03. The maximum atomic E-state index is 13.0. The fourth-order valence-corrected chi connectivity index (χ4v) is 3.12. The number of halogens is 3. The van der Waals surface area contributed by atoms with E-state index in [1.807, 2.05) is 0 Å². The number of hydrogen-bond acceptors (Lipinski definition) is 4. The number of aromatic carboxylic acids is 1. The number of rotatable bonds is 8. The van der Waals surface area contributed by atoms with E-state index in [0.29, 0.717) is 32.8 Å². The summed E-state index contributed by atoms with van der Waals surface area (Å²) in [6.45, 7) is 0.512. The Bertz CT molecular complexity index is 1060. The highest BCUT2D eigenvalue weighted by Crippen LogP contribution is 2.35. The van der Waals surface area contributed by atoms with Gasteiger partial charge in [0.1, 0.15) is 12.4 Å². The number of hydrogen-bond donors (Lipinski definition) is 2. The highest BCUT2D eigenvalue weighted by molar-refractivity contribution is 6.33. The average Bonchev–Trinajstić information content (AvgIpc) is 2.73. The molecule has 0 bridgehead atoms. The van der Waals surface area contributed by atoms with Crippen molar-refractivity contribution in [1.29, 1.82) is 0 Å². The van der Waals surface area contributed by atoms with Crippen molar-refractivity contribution in [3.05, 3.63) is 87.2 Å². The van der Waals surface area contributed by atoms with Crippen molar-refractivity contribution < 1.29 is 23.8 Å². The molecule has 3 aromatic carbocycles.